The summed E-state index contributed by atoms with van der Waals surface area (Å²) in [7, 11) is 0. The molecule has 0 amide bonds. The van der Waals surface area contributed by atoms with Crippen LogP contribution in [0.5, 0.6) is 0 Å². The van der Waals surface area contributed by atoms with Gasteiger partial charge in [0.05, 0.1) is 18.8 Å². The summed E-state index contributed by atoms with van der Waals surface area (Å²) in [6.07, 6.45) is 6.92. The van der Waals surface area contributed by atoms with Crippen LogP contribution in [0.1, 0.15) is 52.5 Å². The van der Waals surface area contributed by atoms with Crippen molar-refractivity contribution in [3.05, 3.63) is 48.2 Å². The van der Waals surface area contributed by atoms with Crippen molar-refractivity contribution in [3.63, 3.8) is 0 Å². The zero-order valence-electron chi connectivity index (χ0n) is 14.7. The SMILES string of the molecule is CC[C@@H]([C@@H]1CCC=CO1)N(Cc1ccccc1)[S@@+]([O-])C(C)(C)C. The first-order valence-electron chi connectivity index (χ1n) is 8.46. The van der Waals surface area contributed by atoms with Gasteiger partial charge in [-0.15, -0.1) is 4.31 Å². The van der Waals surface area contributed by atoms with Crippen LogP contribution in [0.25, 0.3) is 0 Å². The second-order valence-corrected chi connectivity index (χ2v) is 9.21. The zero-order valence-corrected chi connectivity index (χ0v) is 15.5. The molecule has 1 aliphatic heterocycles. The molecular weight excluding hydrogens is 306 g/mol. The third kappa shape index (κ3) is 5.00. The largest absolute Gasteiger partial charge is 0.597 e. The van der Waals surface area contributed by atoms with Crippen molar-refractivity contribution in [1.82, 2.24) is 4.31 Å². The Bertz CT molecular complexity index is 498. The third-order valence-electron chi connectivity index (χ3n) is 4.10. The lowest BCUT2D eigenvalue weighted by Gasteiger charge is -2.40. The van der Waals surface area contributed by atoms with Crippen molar-refractivity contribution in [3.8, 4) is 0 Å². The van der Waals surface area contributed by atoms with Gasteiger partial charge in [-0.2, -0.15) is 0 Å². The van der Waals surface area contributed by atoms with E-state index in [1.165, 1.54) is 5.56 Å². The highest BCUT2D eigenvalue weighted by Crippen LogP contribution is 2.30. The molecule has 1 heterocycles. The van der Waals surface area contributed by atoms with Gasteiger partial charge in [0, 0.05) is 11.4 Å². The normalized spacial score (nSPS) is 21.0. The van der Waals surface area contributed by atoms with Crippen LogP contribution < -0.4 is 0 Å². The van der Waals surface area contributed by atoms with Crippen LogP contribution in [0, 0.1) is 0 Å². The summed E-state index contributed by atoms with van der Waals surface area (Å²) >= 11 is -1.08. The van der Waals surface area contributed by atoms with E-state index in [2.05, 4.69) is 29.4 Å². The number of rotatable bonds is 6. The smallest absolute Gasteiger partial charge is 0.137 e. The van der Waals surface area contributed by atoms with E-state index in [9.17, 15) is 4.55 Å². The molecule has 3 atom stereocenters. The number of nitrogens with zero attached hydrogens (tertiary/aromatic N) is 1. The minimum Gasteiger partial charge on any atom is -0.597 e. The van der Waals surface area contributed by atoms with Gasteiger partial charge >= 0.3 is 0 Å². The fourth-order valence-corrected chi connectivity index (χ4v) is 4.40. The molecule has 2 rings (SSSR count). The molecule has 1 aliphatic rings. The molecule has 0 saturated heterocycles. The van der Waals surface area contributed by atoms with Crippen molar-refractivity contribution in [2.24, 2.45) is 0 Å². The minimum atomic E-state index is -1.08. The molecular formula is C19H29NO2S. The monoisotopic (exact) mass is 335 g/mol. The van der Waals surface area contributed by atoms with Gasteiger partial charge in [0.2, 0.25) is 0 Å². The number of hydrogen-bond donors (Lipinski definition) is 0. The molecule has 4 heteroatoms. The van der Waals surface area contributed by atoms with Gasteiger partial charge in [-0.3, -0.25) is 0 Å². The predicted molar refractivity (Wildman–Crippen MR) is 97.2 cm³/mol. The lowest BCUT2D eigenvalue weighted by molar-refractivity contribution is 0.0518. The average Bonchev–Trinajstić information content (AvgIpc) is 2.55. The molecule has 23 heavy (non-hydrogen) atoms. The molecule has 0 spiro atoms. The highest BCUT2D eigenvalue weighted by atomic mass is 32.2. The van der Waals surface area contributed by atoms with Crippen LogP contribution in [-0.4, -0.2) is 25.8 Å². The van der Waals surface area contributed by atoms with Gasteiger partial charge in [-0.05, 0) is 51.7 Å². The second kappa shape index (κ2) is 8.22. The molecule has 0 aromatic heterocycles. The van der Waals surface area contributed by atoms with Gasteiger partial charge in [0.15, 0.2) is 0 Å². The molecule has 0 N–H and O–H groups in total. The summed E-state index contributed by atoms with van der Waals surface area (Å²) in [5, 5.41) is 0. The standard InChI is InChI=1S/C19H29NO2S/c1-5-17(18-13-9-10-14-22-18)20(23(21)19(2,3)4)15-16-11-7-6-8-12-16/h6-8,10-12,14,17-18H,5,9,13,15H2,1-4H3/t17-,18-,23-/m0/s1. The first kappa shape index (κ1) is 18.4. The third-order valence-corrected chi connectivity index (χ3v) is 5.98. The van der Waals surface area contributed by atoms with E-state index in [1.54, 1.807) is 6.26 Å². The topological polar surface area (TPSA) is 35.5 Å². The van der Waals surface area contributed by atoms with Crippen LogP contribution in [0.2, 0.25) is 0 Å². The second-order valence-electron chi connectivity index (χ2n) is 7.02. The van der Waals surface area contributed by atoms with Crippen LogP contribution >= 0.6 is 0 Å². The summed E-state index contributed by atoms with van der Waals surface area (Å²) < 4.78 is 20.9. The minimum absolute atomic E-state index is 0.111. The maximum absolute atomic E-state index is 13.2. The molecule has 0 aliphatic carbocycles. The molecule has 128 valence electrons. The maximum Gasteiger partial charge on any atom is 0.137 e. The van der Waals surface area contributed by atoms with E-state index in [0.717, 1.165) is 19.3 Å². The maximum atomic E-state index is 13.2. The molecule has 0 bridgehead atoms. The highest BCUT2D eigenvalue weighted by molar-refractivity contribution is 7.90. The fourth-order valence-electron chi connectivity index (χ4n) is 2.90. The number of allylic oxidation sites excluding steroid dienone is 1. The van der Waals surface area contributed by atoms with Gasteiger partial charge in [0.25, 0.3) is 0 Å². The molecule has 1 aromatic rings. The Morgan fingerprint density at radius 1 is 1.30 bits per heavy atom. The first-order chi connectivity index (χ1) is 10.9. The van der Waals surface area contributed by atoms with E-state index in [1.807, 2.05) is 39.0 Å². The Labute approximate surface area is 144 Å². The van der Waals surface area contributed by atoms with Crippen LogP contribution in [0.4, 0.5) is 0 Å². The van der Waals surface area contributed by atoms with Crippen LogP contribution in [-0.2, 0) is 22.6 Å². The fraction of sp³-hybridized carbons (Fsp3) is 0.579. The van der Waals surface area contributed by atoms with E-state index >= 15 is 0 Å². The summed E-state index contributed by atoms with van der Waals surface area (Å²) in [5.74, 6) is 0. The number of ether oxygens (including phenoxy) is 1. The van der Waals surface area contributed by atoms with E-state index in [-0.39, 0.29) is 16.9 Å². The van der Waals surface area contributed by atoms with Crippen LogP contribution in [0.3, 0.4) is 0 Å². The first-order valence-corrected chi connectivity index (χ1v) is 9.57. The van der Waals surface area contributed by atoms with Gasteiger partial charge in [0.1, 0.15) is 10.9 Å². The lowest BCUT2D eigenvalue weighted by atomic mass is 10.0. The highest BCUT2D eigenvalue weighted by Gasteiger charge is 2.40. The predicted octanol–water partition coefficient (Wildman–Crippen LogP) is 4.42. The van der Waals surface area contributed by atoms with E-state index < -0.39 is 11.4 Å². The van der Waals surface area contributed by atoms with Crippen molar-refractivity contribution in [2.45, 2.75) is 70.4 Å². The Balaban J connectivity index is 2.25. The zero-order chi connectivity index (χ0) is 16.9. The molecule has 0 radical (unpaired) electrons. The lowest BCUT2D eigenvalue weighted by Crippen LogP contribution is -2.52. The Morgan fingerprint density at radius 3 is 2.52 bits per heavy atom. The van der Waals surface area contributed by atoms with Crippen LogP contribution in [0.15, 0.2) is 42.7 Å². The average molecular weight is 336 g/mol. The number of benzene rings is 1. The Hall–Kier alpha value is -0.970. The van der Waals surface area contributed by atoms with Crippen molar-refractivity contribution in [1.29, 1.82) is 0 Å². The molecule has 0 saturated carbocycles. The molecule has 0 unspecified atom stereocenters. The van der Waals surface area contributed by atoms with E-state index in [4.69, 9.17) is 4.74 Å². The quantitative estimate of drug-likeness (QED) is 0.722. The van der Waals surface area contributed by atoms with Crippen molar-refractivity contribution in [2.75, 3.05) is 0 Å². The van der Waals surface area contributed by atoms with Gasteiger partial charge in [-0.25, -0.2) is 0 Å². The number of hydrogen-bond acceptors (Lipinski definition) is 3. The molecule has 1 aromatic carbocycles. The summed E-state index contributed by atoms with van der Waals surface area (Å²) in [4.78, 5) is 0. The molecule has 0 fully saturated rings. The summed E-state index contributed by atoms with van der Waals surface area (Å²) in [6, 6.07) is 10.4. The summed E-state index contributed by atoms with van der Waals surface area (Å²) in [5.41, 5.74) is 1.19. The van der Waals surface area contributed by atoms with Crippen molar-refractivity contribution < 1.29 is 9.29 Å². The van der Waals surface area contributed by atoms with Crippen molar-refractivity contribution >= 4 is 11.4 Å². The Morgan fingerprint density at radius 2 is 2.00 bits per heavy atom. The van der Waals surface area contributed by atoms with E-state index in [0.29, 0.717) is 6.54 Å². The Kier molecular flexibility index (Phi) is 6.57. The molecule has 3 nitrogen and oxygen atoms in total. The van der Waals surface area contributed by atoms with Gasteiger partial charge in [-0.1, -0.05) is 37.3 Å². The van der Waals surface area contributed by atoms with Gasteiger partial charge < -0.3 is 9.29 Å². The summed E-state index contributed by atoms with van der Waals surface area (Å²) in [6.45, 7) is 8.96.